The van der Waals surface area contributed by atoms with Crippen molar-refractivity contribution in [1.82, 2.24) is 5.32 Å². The van der Waals surface area contributed by atoms with E-state index >= 15 is 0 Å². The van der Waals surface area contributed by atoms with Crippen LogP contribution >= 0.6 is 0 Å². The first-order valence-corrected chi connectivity index (χ1v) is 12.5. The summed E-state index contributed by atoms with van der Waals surface area (Å²) in [4.78, 5) is 0. The van der Waals surface area contributed by atoms with Crippen LogP contribution in [0.4, 0.5) is 0 Å². The molecule has 0 aliphatic rings. The average Bonchev–Trinajstić information content (AvgIpc) is 2.59. The van der Waals surface area contributed by atoms with Gasteiger partial charge >= 0.3 is 0 Å². The molecule has 0 aliphatic carbocycles. The maximum absolute atomic E-state index is 10.5. The molecule has 0 unspecified atom stereocenters. The summed E-state index contributed by atoms with van der Waals surface area (Å²) in [6, 6.07) is 0. The molecule has 0 fully saturated rings. The van der Waals surface area contributed by atoms with Crippen molar-refractivity contribution in [1.29, 1.82) is 0 Å². The molecule has 0 aromatic rings. The Morgan fingerprint density at radius 2 is 1.15 bits per heavy atom. The second-order valence-electron chi connectivity index (χ2n) is 7.33. The van der Waals surface area contributed by atoms with Crippen LogP contribution in [0.5, 0.6) is 0 Å². The Balaban J connectivity index is 0. The van der Waals surface area contributed by atoms with Crippen molar-refractivity contribution in [3.8, 4) is 0 Å². The van der Waals surface area contributed by atoms with Crippen LogP contribution in [0, 0.1) is 0 Å². The number of nitrogens with one attached hydrogen (secondary N) is 1. The van der Waals surface area contributed by atoms with Gasteiger partial charge in [-0.3, -0.25) is 4.55 Å². The third kappa shape index (κ3) is 28.9. The van der Waals surface area contributed by atoms with Gasteiger partial charge in [0.15, 0.2) is 0 Å². The number of hydrogen-bond acceptors (Lipinski definition) is 3. The monoisotopic (exact) mass is 412 g/mol. The van der Waals surface area contributed by atoms with E-state index in [0.29, 0.717) is 6.54 Å². The van der Waals surface area contributed by atoms with Crippen LogP contribution in [0.15, 0.2) is 12.2 Å². The number of rotatable bonds is 20. The second-order valence-corrected chi connectivity index (χ2v) is 8.90. The predicted molar refractivity (Wildman–Crippen MR) is 119 cm³/mol. The first-order chi connectivity index (χ1) is 12.6. The first-order valence-electron chi connectivity index (χ1n) is 10.9. The van der Waals surface area contributed by atoms with E-state index in [9.17, 15) is 8.42 Å². The van der Waals surface area contributed by atoms with Gasteiger partial charge in [0, 0.05) is 36.1 Å². The molecule has 0 aromatic heterocycles. The van der Waals surface area contributed by atoms with Gasteiger partial charge in [0.1, 0.15) is 0 Å². The minimum absolute atomic E-state index is 0. The molecule has 1 radical (unpaired) electrons. The van der Waals surface area contributed by atoms with Gasteiger partial charge in [-0.2, -0.15) is 8.42 Å². The fourth-order valence-electron chi connectivity index (χ4n) is 3.00. The van der Waals surface area contributed by atoms with Gasteiger partial charge in [0.05, 0.1) is 5.75 Å². The summed E-state index contributed by atoms with van der Waals surface area (Å²) in [6.07, 6.45) is 24.3. The van der Waals surface area contributed by atoms with Gasteiger partial charge in [0.2, 0.25) is 0 Å². The van der Waals surface area contributed by atoms with E-state index in [1.54, 1.807) is 0 Å². The summed E-state index contributed by atoms with van der Waals surface area (Å²) >= 11 is 0. The van der Waals surface area contributed by atoms with Crippen LogP contribution in [0.25, 0.3) is 0 Å². The summed E-state index contributed by atoms with van der Waals surface area (Å²) in [5, 5.41) is 3.05. The van der Waals surface area contributed by atoms with Gasteiger partial charge < -0.3 is 5.32 Å². The molecule has 6 heteroatoms. The largest absolute Gasteiger partial charge is 0.316 e. The molecule has 157 valence electrons. The number of allylic oxidation sites excluding steroid dienone is 2. The Labute approximate surface area is 191 Å². The Morgan fingerprint density at radius 3 is 1.63 bits per heavy atom. The minimum atomic E-state index is -3.82. The molecule has 0 spiro atoms. The Hall–Kier alpha value is 0.610. The van der Waals surface area contributed by atoms with Gasteiger partial charge in [-0.15, -0.1) is 0 Å². The van der Waals surface area contributed by atoms with E-state index in [1.807, 2.05) is 0 Å². The Morgan fingerprint density at radius 1 is 0.704 bits per heavy atom. The number of hydrogen-bond donors (Lipinski definition) is 2. The van der Waals surface area contributed by atoms with Gasteiger partial charge in [0.25, 0.3) is 10.1 Å². The van der Waals surface area contributed by atoms with Crippen molar-refractivity contribution in [3.63, 3.8) is 0 Å². The molecule has 0 saturated carbocycles. The van der Waals surface area contributed by atoms with Crippen molar-refractivity contribution < 1.29 is 13.0 Å². The zero-order valence-corrected chi connectivity index (χ0v) is 20.9. The third-order valence-corrected chi connectivity index (χ3v) is 5.37. The van der Waals surface area contributed by atoms with Crippen LogP contribution in [-0.4, -0.2) is 61.4 Å². The van der Waals surface area contributed by atoms with Crippen molar-refractivity contribution in [2.45, 2.75) is 103 Å². The van der Waals surface area contributed by atoms with Crippen LogP contribution < -0.4 is 5.32 Å². The summed E-state index contributed by atoms with van der Waals surface area (Å²) < 4.78 is 29.7. The summed E-state index contributed by atoms with van der Waals surface area (Å²) in [6.45, 7) is 3.44. The summed E-state index contributed by atoms with van der Waals surface area (Å²) in [7, 11) is -3.82. The van der Waals surface area contributed by atoms with Crippen molar-refractivity contribution in [2.24, 2.45) is 0 Å². The fraction of sp³-hybridized carbons (Fsp3) is 0.905. The summed E-state index contributed by atoms with van der Waals surface area (Å²) in [5.41, 5.74) is 0. The van der Waals surface area contributed by atoms with Crippen LogP contribution in [0.1, 0.15) is 103 Å². The molecular formula is C21H43NNaO3S. The standard InChI is InChI=1S/C21H43NO3S.Na/c1-2-3-4-5-6-7-8-9-10-11-12-13-14-15-16-17-18-19-22-20-21-26(23,24)25;/h9-10,22H,2-8,11-21H2,1H3,(H,23,24,25);. The molecule has 0 aliphatic heterocycles. The molecule has 0 rings (SSSR count). The molecule has 0 bridgehead atoms. The first kappa shape index (κ1) is 29.8. The van der Waals surface area contributed by atoms with E-state index < -0.39 is 10.1 Å². The Bertz CT molecular complexity index is 414. The van der Waals surface area contributed by atoms with E-state index in [2.05, 4.69) is 24.4 Å². The molecule has 0 saturated heterocycles. The number of unbranched alkanes of at least 4 members (excludes halogenated alkanes) is 13. The molecule has 0 amide bonds. The fourth-order valence-corrected chi connectivity index (χ4v) is 3.40. The summed E-state index contributed by atoms with van der Waals surface area (Å²) in [5.74, 6) is -0.194. The van der Waals surface area contributed by atoms with Crippen molar-refractivity contribution in [3.05, 3.63) is 12.2 Å². The quantitative estimate of drug-likeness (QED) is 0.120. The normalized spacial score (nSPS) is 11.8. The zero-order valence-electron chi connectivity index (χ0n) is 18.1. The van der Waals surface area contributed by atoms with Gasteiger partial charge in [-0.1, -0.05) is 83.3 Å². The topological polar surface area (TPSA) is 66.4 Å². The molecular weight excluding hydrogens is 369 g/mol. The molecule has 0 heterocycles. The van der Waals surface area contributed by atoms with Crippen molar-refractivity contribution >= 4 is 39.7 Å². The molecule has 0 atom stereocenters. The SMILES string of the molecule is CCCCCCCCC=CCCCCCCCCCNCCS(=O)(=O)O.[Na]. The molecule has 0 aromatic carbocycles. The molecule has 4 nitrogen and oxygen atoms in total. The van der Waals surface area contributed by atoms with Crippen LogP contribution in [0.2, 0.25) is 0 Å². The predicted octanol–water partition coefficient (Wildman–Crippen LogP) is 5.51. The maximum atomic E-state index is 10.5. The third-order valence-electron chi connectivity index (χ3n) is 4.65. The molecule has 27 heavy (non-hydrogen) atoms. The smallest absolute Gasteiger partial charge is 0.266 e. The van der Waals surface area contributed by atoms with E-state index in [0.717, 1.165) is 13.0 Å². The van der Waals surface area contributed by atoms with E-state index in [-0.39, 0.29) is 35.3 Å². The van der Waals surface area contributed by atoms with E-state index in [4.69, 9.17) is 4.55 Å². The van der Waals surface area contributed by atoms with Crippen LogP contribution in [-0.2, 0) is 10.1 Å². The van der Waals surface area contributed by atoms with E-state index in [1.165, 1.54) is 89.9 Å². The Kier molecular flexibility index (Phi) is 25.3. The second kappa shape index (κ2) is 22.9. The minimum Gasteiger partial charge on any atom is -0.316 e. The zero-order chi connectivity index (χ0) is 19.3. The maximum Gasteiger partial charge on any atom is 0.266 e. The van der Waals surface area contributed by atoms with Gasteiger partial charge in [-0.25, -0.2) is 0 Å². The van der Waals surface area contributed by atoms with Gasteiger partial charge in [-0.05, 0) is 38.6 Å². The average molecular weight is 413 g/mol. The van der Waals surface area contributed by atoms with Crippen LogP contribution in [0.3, 0.4) is 0 Å². The van der Waals surface area contributed by atoms with Crippen molar-refractivity contribution in [2.75, 3.05) is 18.8 Å². The molecule has 2 N–H and O–H groups in total.